The molecule has 0 aromatic carbocycles. The van der Waals surface area contributed by atoms with Crippen LogP contribution in [-0.2, 0) is 0 Å². The Morgan fingerprint density at radius 2 is 0.622 bits per heavy atom. The average Bonchev–Trinajstić information content (AvgIpc) is 2.65. The minimum absolute atomic E-state index is 0.846. The molecule has 0 spiro atoms. The van der Waals surface area contributed by atoms with Crippen molar-refractivity contribution >= 4 is 33.4 Å². The van der Waals surface area contributed by atoms with Crippen molar-refractivity contribution in [2.45, 2.75) is 76.3 Å². The van der Waals surface area contributed by atoms with Gasteiger partial charge in [0.15, 0.2) is 0 Å². The lowest BCUT2D eigenvalue weighted by molar-refractivity contribution is -0.474. The Morgan fingerprint density at radius 3 is 0.838 bits per heavy atom. The summed E-state index contributed by atoms with van der Waals surface area (Å²) in [5.74, 6) is -76.9. The summed E-state index contributed by atoms with van der Waals surface area (Å²) in [6.45, 7) is 0. The predicted octanol–water partition coefficient (Wildman–Crippen LogP) is 7.61. The minimum atomic E-state index is -9.17. The molecule has 37 heavy (non-hydrogen) atoms. The normalized spacial score (nSPS) is 17.5. The van der Waals surface area contributed by atoms with Gasteiger partial charge in [0, 0.05) is 16.7 Å². The van der Waals surface area contributed by atoms with E-state index in [4.69, 9.17) is 23.2 Å². The zero-order chi connectivity index (χ0) is 30.9. The van der Waals surface area contributed by atoms with Gasteiger partial charge in [0.2, 0.25) is 0 Å². The van der Waals surface area contributed by atoms with Gasteiger partial charge in [0.25, 0.3) is 0 Å². The van der Waals surface area contributed by atoms with E-state index in [0.717, 1.165) is 0 Å². The molecule has 0 aliphatic heterocycles. The zero-order valence-corrected chi connectivity index (χ0v) is 20.1. The van der Waals surface area contributed by atoms with Crippen molar-refractivity contribution in [1.29, 1.82) is 0 Å². The van der Waals surface area contributed by atoms with Gasteiger partial charge in [-0.25, -0.2) is 0 Å². The van der Waals surface area contributed by atoms with Crippen LogP contribution in [0.1, 0.15) is 6.42 Å². The number of halogens is 23. The van der Waals surface area contributed by atoms with E-state index in [1.165, 1.54) is 0 Å². The van der Waals surface area contributed by atoms with Gasteiger partial charge < -0.3 is 0 Å². The monoisotopic (exact) mass is 660 g/mol. The molecule has 0 rings (SSSR count). The molecule has 0 heterocycles. The molecular formula is C13H7Cl2F21Si. The van der Waals surface area contributed by atoms with Crippen LogP contribution in [0.15, 0.2) is 0 Å². The second kappa shape index (κ2) is 9.46. The molecule has 224 valence electrons. The Hall–Kier alpha value is -0.673. The van der Waals surface area contributed by atoms with Crippen molar-refractivity contribution in [2.24, 2.45) is 0 Å². The molecule has 0 aromatic heterocycles. The summed E-state index contributed by atoms with van der Waals surface area (Å²) >= 11 is 9.91. The number of alkyl halides is 23. The van der Waals surface area contributed by atoms with E-state index in [-0.39, 0.29) is 0 Å². The van der Waals surface area contributed by atoms with Gasteiger partial charge in [-0.1, -0.05) is 0 Å². The summed E-state index contributed by atoms with van der Waals surface area (Å²) in [5.41, 5.74) is -2.16. The summed E-state index contributed by atoms with van der Waals surface area (Å²) in [5, 5.41) is 0. The first-order chi connectivity index (χ1) is 15.6. The first kappa shape index (κ1) is 36.3. The third-order valence-corrected chi connectivity index (χ3v) is 7.36. The second-order valence-electron chi connectivity index (χ2n) is 7.31. The average molecular weight is 661 g/mol. The summed E-state index contributed by atoms with van der Waals surface area (Å²) in [6, 6.07) is 0. The van der Waals surface area contributed by atoms with Crippen molar-refractivity contribution in [3.63, 3.8) is 0 Å². The maximum atomic E-state index is 13.7. The van der Waals surface area contributed by atoms with E-state index in [0.29, 0.717) is 0 Å². The largest absolute Gasteiger partial charge is 0.460 e. The summed E-state index contributed by atoms with van der Waals surface area (Å²) in [4.78, 5) is -2.13. The highest BCUT2D eigenvalue weighted by atomic mass is 35.5. The van der Waals surface area contributed by atoms with Crippen LogP contribution in [-0.4, -0.2) is 74.6 Å². The Kier molecular flexibility index (Phi) is 9.29. The molecule has 0 fully saturated rings. The first-order valence-electron chi connectivity index (χ1n) is 8.33. The molecule has 0 aliphatic carbocycles. The predicted molar refractivity (Wildman–Crippen MR) is 84.4 cm³/mol. The van der Waals surface area contributed by atoms with Gasteiger partial charge in [-0.2, -0.15) is 92.2 Å². The van der Waals surface area contributed by atoms with E-state index in [1.54, 1.807) is 0 Å². The summed E-state index contributed by atoms with van der Waals surface area (Å²) < 4.78 is 277. The van der Waals surface area contributed by atoms with Crippen molar-refractivity contribution in [2.75, 3.05) is 0 Å². The smallest absolute Gasteiger partial charge is 0.200 e. The molecule has 0 bridgehead atoms. The van der Waals surface area contributed by atoms with Crippen LogP contribution in [0.5, 0.6) is 0 Å². The highest BCUT2D eigenvalue weighted by Gasteiger charge is 2.97. The molecule has 0 amide bonds. The molecule has 1 unspecified atom stereocenters. The van der Waals surface area contributed by atoms with Gasteiger partial charge in [0.1, 0.15) is 4.84 Å². The fourth-order valence-corrected chi connectivity index (χ4v) is 2.90. The Bertz CT molecular complexity index is 816. The lowest BCUT2D eigenvalue weighted by atomic mass is 9.85. The second-order valence-corrected chi connectivity index (χ2v) is 9.96. The highest BCUT2D eigenvalue weighted by Crippen LogP contribution is 2.66. The van der Waals surface area contributed by atoms with Crippen LogP contribution in [0.2, 0.25) is 5.54 Å². The van der Waals surface area contributed by atoms with Crippen LogP contribution in [0, 0.1) is 0 Å². The van der Waals surface area contributed by atoms with Crippen LogP contribution < -0.4 is 0 Å². The fraction of sp³-hybridized carbons (Fsp3) is 1.00. The minimum Gasteiger partial charge on any atom is -0.200 e. The van der Waals surface area contributed by atoms with Gasteiger partial charge in [-0.15, -0.1) is 23.2 Å². The van der Waals surface area contributed by atoms with Crippen LogP contribution in [0.25, 0.3) is 0 Å². The van der Waals surface area contributed by atoms with Crippen LogP contribution in [0.3, 0.4) is 0 Å². The van der Waals surface area contributed by atoms with E-state index >= 15 is 0 Å². The molecule has 0 saturated carbocycles. The van der Waals surface area contributed by atoms with Crippen molar-refractivity contribution in [1.82, 2.24) is 0 Å². The van der Waals surface area contributed by atoms with E-state index in [9.17, 15) is 92.2 Å². The molecular weight excluding hydrogens is 654 g/mol. The molecule has 0 aromatic rings. The molecule has 0 nitrogen and oxygen atoms in total. The standard InChI is InChI=1S/C13H7Cl2F21Si/c14-3(15)2(37)1-4(16,17)5(18,19)6(20,21)7(22,23)8(24,25)9(26,27)10(28,29)11(30,31)12(32,33)13(34,35)36/h2-3H,1H2,37H3. The topological polar surface area (TPSA) is 0 Å². The Balaban J connectivity index is 7.00. The quantitative estimate of drug-likeness (QED) is 0.122. The Morgan fingerprint density at radius 1 is 0.405 bits per heavy atom. The van der Waals surface area contributed by atoms with Crippen molar-refractivity contribution in [3.8, 4) is 0 Å². The molecule has 0 aliphatic rings. The van der Waals surface area contributed by atoms with Gasteiger partial charge >= 0.3 is 59.5 Å². The molecule has 0 saturated heterocycles. The number of rotatable bonds is 11. The van der Waals surface area contributed by atoms with Crippen molar-refractivity contribution < 1.29 is 92.2 Å². The molecule has 0 radical (unpaired) electrons. The lowest BCUT2D eigenvalue weighted by Crippen LogP contribution is -2.76. The molecule has 0 N–H and O–H groups in total. The Labute approximate surface area is 202 Å². The lowest BCUT2D eigenvalue weighted by Gasteiger charge is -2.44. The maximum absolute atomic E-state index is 13.7. The van der Waals surface area contributed by atoms with E-state index in [1.807, 2.05) is 0 Å². The zero-order valence-electron chi connectivity index (χ0n) is 16.6. The van der Waals surface area contributed by atoms with Crippen LogP contribution >= 0.6 is 23.2 Å². The molecule has 24 heteroatoms. The van der Waals surface area contributed by atoms with Gasteiger partial charge in [0.05, 0.1) is 0 Å². The summed E-state index contributed by atoms with van der Waals surface area (Å²) in [6.07, 6.45) is -10.8. The number of hydrogen-bond acceptors (Lipinski definition) is 0. The summed E-state index contributed by atoms with van der Waals surface area (Å²) in [7, 11) is -0.846. The van der Waals surface area contributed by atoms with E-state index in [2.05, 4.69) is 0 Å². The van der Waals surface area contributed by atoms with Gasteiger partial charge in [-0.05, 0) is 5.54 Å². The third kappa shape index (κ3) is 4.92. The maximum Gasteiger partial charge on any atom is 0.460 e. The third-order valence-electron chi connectivity index (χ3n) is 4.58. The first-order valence-corrected chi connectivity index (χ1v) is 10.4. The fourth-order valence-electron chi connectivity index (χ4n) is 2.21. The van der Waals surface area contributed by atoms with Crippen molar-refractivity contribution in [3.05, 3.63) is 0 Å². The number of hydrogen-bond donors (Lipinski definition) is 0. The SMILES string of the molecule is FC(F)(F)C(F)(F)C(F)(F)C(F)(F)C(F)(F)C(F)(F)C(F)(F)C(F)(F)C(F)(F)C(F)(F)CC([SiH3])C(Cl)Cl. The van der Waals surface area contributed by atoms with Crippen LogP contribution in [0.4, 0.5) is 92.2 Å². The highest BCUT2D eigenvalue weighted by molar-refractivity contribution is 6.47. The van der Waals surface area contributed by atoms with E-state index < -0.39 is 86.5 Å². The molecule has 1 atom stereocenters. The van der Waals surface area contributed by atoms with Gasteiger partial charge in [-0.3, -0.25) is 0 Å².